The van der Waals surface area contributed by atoms with Gasteiger partial charge in [-0.15, -0.1) is 0 Å². The third-order valence-corrected chi connectivity index (χ3v) is 2.28. The molecule has 1 unspecified atom stereocenters. The van der Waals surface area contributed by atoms with Gasteiger partial charge in [0.05, 0.1) is 11.2 Å². The summed E-state index contributed by atoms with van der Waals surface area (Å²) in [4.78, 5) is 14.5. The number of aliphatic hydroxyl groups is 1. The lowest BCUT2D eigenvalue weighted by atomic mass is 10.1. The Kier molecular flexibility index (Phi) is 2.74. The van der Waals surface area contributed by atoms with E-state index in [2.05, 4.69) is 4.98 Å². The molecule has 1 aromatic heterocycles. The fraction of sp³-hybridized carbons (Fsp3) is 0.167. The predicted molar refractivity (Wildman–Crippen MR) is 57.4 cm³/mol. The van der Waals surface area contributed by atoms with Crippen LogP contribution < -0.4 is 0 Å². The number of carbonyl (C=O) groups excluding carboxylic acids is 1. The lowest BCUT2D eigenvalue weighted by Crippen LogP contribution is -2.00. The van der Waals surface area contributed by atoms with Crippen LogP contribution in [-0.2, 0) is 4.79 Å². The van der Waals surface area contributed by atoms with Crippen molar-refractivity contribution in [3.8, 4) is 0 Å². The van der Waals surface area contributed by atoms with Crippen molar-refractivity contribution in [2.45, 2.75) is 12.5 Å². The van der Waals surface area contributed by atoms with E-state index in [1.54, 1.807) is 6.07 Å². The van der Waals surface area contributed by atoms with E-state index in [-0.39, 0.29) is 6.42 Å². The van der Waals surface area contributed by atoms with Crippen LogP contribution in [0.1, 0.15) is 18.2 Å². The molecule has 2 aromatic rings. The lowest BCUT2D eigenvalue weighted by Gasteiger charge is -2.07. The largest absolute Gasteiger partial charge is 0.386 e. The predicted octanol–water partition coefficient (Wildman–Crippen LogP) is 1.86. The summed E-state index contributed by atoms with van der Waals surface area (Å²) in [5.41, 5.74) is 1.38. The van der Waals surface area contributed by atoms with Crippen LogP contribution in [0.15, 0.2) is 36.4 Å². The van der Waals surface area contributed by atoms with Crippen LogP contribution >= 0.6 is 0 Å². The maximum absolute atomic E-state index is 10.3. The van der Waals surface area contributed by atoms with Crippen molar-refractivity contribution in [2.24, 2.45) is 0 Å². The molecule has 1 N–H and O–H groups in total. The Hall–Kier alpha value is -1.74. The molecule has 3 heteroatoms. The van der Waals surface area contributed by atoms with Gasteiger partial charge in [-0.2, -0.15) is 0 Å². The summed E-state index contributed by atoms with van der Waals surface area (Å²) < 4.78 is 0. The van der Waals surface area contributed by atoms with E-state index in [0.29, 0.717) is 12.0 Å². The van der Waals surface area contributed by atoms with E-state index in [9.17, 15) is 9.90 Å². The number of carbonyl (C=O) groups is 1. The number of rotatable bonds is 3. The Morgan fingerprint density at radius 1 is 1.27 bits per heavy atom. The summed E-state index contributed by atoms with van der Waals surface area (Å²) in [6, 6.07) is 11.3. The summed E-state index contributed by atoms with van der Waals surface area (Å²) in [6.45, 7) is 0. The van der Waals surface area contributed by atoms with Crippen molar-refractivity contribution >= 4 is 17.2 Å². The van der Waals surface area contributed by atoms with Crippen LogP contribution in [0.5, 0.6) is 0 Å². The van der Waals surface area contributed by atoms with Gasteiger partial charge < -0.3 is 9.90 Å². The zero-order valence-electron chi connectivity index (χ0n) is 8.13. The molecule has 76 valence electrons. The molecule has 1 atom stereocenters. The van der Waals surface area contributed by atoms with Crippen LogP contribution in [0.3, 0.4) is 0 Å². The number of aldehydes is 1. The van der Waals surface area contributed by atoms with Gasteiger partial charge in [0.1, 0.15) is 12.4 Å². The number of hydrogen-bond acceptors (Lipinski definition) is 3. The highest BCUT2D eigenvalue weighted by Crippen LogP contribution is 2.17. The highest BCUT2D eigenvalue weighted by atomic mass is 16.3. The average molecular weight is 201 g/mol. The van der Waals surface area contributed by atoms with E-state index >= 15 is 0 Å². The third-order valence-electron chi connectivity index (χ3n) is 2.28. The Morgan fingerprint density at radius 2 is 2.07 bits per heavy atom. The van der Waals surface area contributed by atoms with E-state index in [0.717, 1.165) is 10.9 Å². The Morgan fingerprint density at radius 3 is 2.87 bits per heavy atom. The van der Waals surface area contributed by atoms with Crippen molar-refractivity contribution in [1.82, 2.24) is 4.98 Å². The van der Waals surface area contributed by atoms with Gasteiger partial charge in [0.15, 0.2) is 0 Å². The maximum atomic E-state index is 10.3. The fourth-order valence-electron chi connectivity index (χ4n) is 1.48. The molecule has 0 aliphatic heterocycles. The van der Waals surface area contributed by atoms with Crippen LogP contribution in [0, 0.1) is 0 Å². The minimum absolute atomic E-state index is 0.0886. The zero-order chi connectivity index (χ0) is 10.7. The van der Waals surface area contributed by atoms with Crippen LogP contribution in [0.2, 0.25) is 0 Å². The molecule has 0 bridgehead atoms. The summed E-state index contributed by atoms with van der Waals surface area (Å²) in [5, 5.41) is 10.6. The van der Waals surface area contributed by atoms with Crippen LogP contribution in [-0.4, -0.2) is 16.4 Å². The van der Waals surface area contributed by atoms with E-state index in [4.69, 9.17) is 0 Å². The van der Waals surface area contributed by atoms with Crippen LogP contribution in [0.4, 0.5) is 0 Å². The minimum atomic E-state index is -0.799. The maximum Gasteiger partial charge on any atom is 0.122 e. The number of aliphatic hydroxyl groups excluding tert-OH is 1. The molecule has 0 fully saturated rings. The van der Waals surface area contributed by atoms with Gasteiger partial charge in [0, 0.05) is 11.8 Å². The van der Waals surface area contributed by atoms with Crippen molar-refractivity contribution < 1.29 is 9.90 Å². The molecule has 0 saturated carbocycles. The molecule has 3 nitrogen and oxygen atoms in total. The van der Waals surface area contributed by atoms with E-state index < -0.39 is 6.10 Å². The quantitative estimate of drug-likeness (QED) is 0.771. The smallest absolute Gasteiger partial charge is 0.122 e. The van der Waals surface area contributed by atoms with Crippen LogP contribution in [0.25, 0.3) is 10.9 Å². The second kappa shape index (κ2) is 4.19. The van der Waals surface area contributed by atoms with Crippen molar-refractivity contribution in [3.05, 3.63) is 42.1 Å². The van der Waals surface area contributed by atoms with Gasteiger partial charge in [-0.1, -0.05) is 24.3 Å². The Balaban J connectivity index is 2.42. The highest BCUT2D eigenvalue weighted by Gasteiger charge is 2.08. The number of pyridine rings is 1. The van der Waals surface area contributed by atoms with Gasteiger partial charge in [0.2, 0.25) is 0 Å². The number of hydrogen-bond donors (Lipinski definition) is 1. The van der Waals surface area contributed by atoms with Crippen molar-refractivity contribution in [1.29, 1.82) is 0 Å². The minimum Gasteiger partial charge on any atom is -0.386 e. The van der Waals surface area contributed by atoms with Gasteiger partial charge in [-0.05, 0) is 12.1 Å². The monoisotopic (exact) mass is 201 g/mol. The first-order chi connectivity index (χ1) is 7.31. The number of benzene rings is 1. The SMILES string of the molecule is O=CCC(O)c1ccc2ccccc2n1. The molecule has 0 spiro atoms. The van der Waals surface area contributed by atoms with E-state index in [1.165, 1.54) is 0 Å². The van der Waals surface area contributed by atoms with Crippen molar-refractivity contribution in [3.63, 3.8) is 0 Å². The lowest BCUT2D eigenvalue weighted by molar-refractivity contribution is -0.109. The number of aromatic nitrogens is 1. The highest BCUT2D eigenvalue weighted by molar-refractivity contribution is 5.78. The van der Waals surface area contributed by atoms with Gasteiger partial charge in [-0.25, -0.2) is 0 Å². The molecule has 1 aromatic carbocycles. The zero-order valence-corrected chi connectivity index (χ0v) is 8.13. The molecule has 2 rings (SSSR count). The van der Waals surface area contributed by atoms with Gasteiger partial charge in [-0.3, -0.25) is 4.98 Å². The van der Waals surface area contributed by atoms with E-state index in [1.807, 2.05) is 30.3 Å². The third kappa shape index (κ3) is 2.02. The number of nitrogens with zero attached hydrogens (tertiary/aromatic N) is 1. The van der Waals surface area contributed by atoms with Gasteiger partial charge >= 0.3 is 0 Å². The second-order valence-electron chi connectivity index (χ2n) is 3.35. The summed E-state index contributed by atoms with van der Waals surface area (Å²) in [6.07, 6.45) is -0.0144. The first-order valence-electron chi connectivity index (χ1n) is 4.78. The first kappa shape index (κ1) is 9.80. The molecule has 0 saturated heterocycles. The Bertz CT molecular complexity index is 482. The Labute approximate surface area is 87.4 Å². The number of fused-ring (bicyclic) bond motifs is 1. The molecule has 0 radical (unpaired) electrons. The first-order valence-corrected chi connectivity index (χ1v) is 4.78. The standard InChI is InChI=1S/C12H11NO2/c14-8-7-12(15)11-6-5-9-3-1-2-4-10(9)13-11/h1-6,8,12,15H,7H2. The molecule has 0 aliphatic rings. The molecular formula is C12H11NO2. The summed E-state index contributed by atoms with van der Waals surface area (Å²) in [5.74, 6) is 0. The van der Waals surface area contributed by atoms with Gasteiger partial charge in [0.25, 0.3) is 0 Å². The summed E-state index contributed by atoms with van der Waals surface area (Å²) >= 11 is 0. The average Bonchev–Trinajstić information content (AvgIpc) is 2.29. The topological polar surface area (TPSA) is 50.2 Å². The second-order valence-corrected chi connectivity index (χ2v) is 3.35. The number of para-hydroxylation sites is 1. The molecule has 0 amide bonds. The molecular weight excluding hydrogens is 190 g/mol. The molecule has 15 heavy (non-hydrogen) atoms. The fourth-order valence-corrected chi connectivity index (χ4v) is 1.48. The normalized spacial score (nSPS) is 12.6. The molecule has 0 aliphatic carbocycles. The van der Waals surface area contributed by atoms with Crippen molar-refractivity contribution in [2.75, 3.05) is 0 Å². The molecule has 1 heterocycles. The summed E-state index contributed by atoms with van der Waals surface area (Å²) in [7, 11) is 0.